The fourth-order valence-corrected chi connectivity index (χ4v) is 2.97. The van der Waals surface area contributed by atoms with E-state index in [0.717, 1.165) is 0 Å². The van der Waals surface area contributed by atoms with E-state index >= 15 is 0 Å². The molecule has 1 rings (SSSR count). The van der Waals surface area contributed by atoms with Gasteiger partial charge in [-0.1, -0.05) is 51.1 Å². The van der Waals surface area contributed by atoms with Crippen molar-refractivity contribution in [2.45, 2.75) is 46.6 Å². The van der Waals surface area contributed by atoms with E-state index in [1.165, 1.54) is 55.5 Å². The Hall–Kier alpha value is -0.860. The van der Waals surface area contributed by atoms with Crippen LogP contribution in [0.1, 0.15) is 45.6 Å². The van der Waals surface area contributed by atoms with E-state index in [2.05, 4.69) is 51.1 Å². The van der Waals surface area contributed by atoms with E-state index in [1.807, 2.05) is 0 Å². The molecule has 104 valence electrons. The molecule has 0 unspecified atom stereocenters. The molecule has 2 heteroatoms. The third-order valence-corrected chi connectivity index (χ3v) is 3.45. The SMILES string of the molecule is CCC[N+](CCC)(CCC)Cc1ccccc1.[OH-]. The number of rotatable bonds is 8. The molecule has 0 saturated heterocycles. The zero-order valence-electron chi connectivity index (χ0n) is 12.2. The maximum atomic E-state index is 2.31. The van der Waals surface area contributed by atoms with E-state index in [4.69, 9.17) is 0 Å². The third kappa shape index (κ3) is 5.19. The number of nitrogens with zero attached hydrogens (tertiary/aromatic N) is 1. The molecule has 1 aromatic rings. The molecule has 0 aromatic heterocycles. The fraction of sp³-hybridized carbons (Fsp3) is 0.625. The summed E-state index contributed by atoms with van der Waals surface area (Å²) in [4.78, 5) is 0. The van der Waals surface area contributed by atoms with Gasteiger partial charge in [0.05, 0.1) is 19.6 Å². The zero-order valence-corrected chi connectivity index (χ0v) is 12.2. The van der Waals surface area contributed by atoms with Crippen LogP contribution in [0, 0.1) is 0 Å². The molecule has 0 fully saturated rings. The molecule has 1 aromatic carbocycles. The van der Waals surface area contributed by atoms with Crippen LogP contribution < -0.4 is 0 Å². The van der Waals surface area contributed by atoms with Gasteiger partial charge in [-0.3, -0.25) is 0 Å². The summed E-state index contributed by atoms with van der Waals surface area (Å²) in [5, 5.41) is 0. The standard InChI is InChI=1S/C16H28N.H2O/c1-4-12-17(13-5-2,14-6-3)15-16-10-8-7-9-11-16;/h7-11H,4-6,12-15H2,1-3H3;1H2/q+1;/p-1. The lowest BCUT2D eigenvalue weighted by Crippen LogP contribution is -2.48. The van der Waals surface area contributed by atoms with Crippen molar-refractivity contribution in [1.82, 2.24) is 0 Å². The van der Waals surface area contributed by atoms with Crippen LogP contribution in [-0.4, -0.2) is 29.6 Å². The Bertz CT molecular complexity index is 280. The molecule has 0 amide bonds. The van der Waals surface area contributed by atoms with Crippen LogP contribution in [0.5, 0.6) is 0 Å². The van der Waals surface area contributed by atoms with Crippen LogP contribution in [0.4, 0.5) is 0 Å². The first-order chi connectivity index (χ1) is 8.26. The summed E-state index contributed by atoms with van der Waals surface area (Å²) < 4.78 is 1.27. The van der Waals surface area contributed by atoms with Gasteiger partial charge in [-0.2, -0.15) is 0 Å². The topological polar surface area (TPSA) is 30.0 Å². The van der Waals surface area contributed by atoms with Gasteiger partial charge < -0.3 is 9.96 Å². The minimum absolute atomic E-state index is 0. The average Bonchev–Trinajstić information content (AvgIpc) is 2.31. The number of hydrogen-bond acceptors (Lipinski definition) is 1. The van der Waals surface area contributed by atoms with Crippen molar-refractivity contribution in [2.24, 2.45) is 0 Å². The Morgan fingerprint density at radius 1 is 0.778 bits per heavy atom. The van der Waals surface area contributed by atoms with Crippen molar-refractivity contribution in [3.05, 3.63) is 35.9 Å². The smallest absolute Gasteiger partial charge is 0.104 e. The molecule has 0 heterocycles. The summed E-state index contributed by atoms with van der Waals surface area (Å²) in [5.41, 5.74) is 1.49. The summed E-state index contributed by atoms with van der Waals surface area (Å²) in [7, 11) is 0. The number of benzene rings is 1. The van der Waals surface area contributed by atoms with Gasteiger partial charge in [0.15, 0.2) is 0 Å². The molecule has 0 aliphatic carbocycles. The summed E-state index contributed by atoms with van der Waals surface area (Å²) in [5.74, 6) is 0. The van der Waals surface area contributed by atoms with Gasteiger partial charge in [-0.15, -0.1) is 0 Å². The van der Waals surface area contributed by atoms with Crippen molar-refractivity contribution < 1.29 is 9.96 Å². The number of hydrogen-bond donors (Lipinski definition) is 0. The molecule has 0 bridgehead atoms. The largest absolute Gasteiger partial charge is 0.870 e. The Morgan fingerprint density at radius 3 is 1.61 bits per heavy atom. The maximum absolute atomic E-state index is 2.31. The zero-order chi connectivity index (χ0) is 12.6. The highest BCUT2D eigenvalue weighted by molar-refractivity contribution is 5.13. The molecule has 0 atom stereocenters. The van der Waals surface area contributed by atoms with E-state index in [9.17, 15) is 0 Å². The van der Waals surface area contributed by atoms with Gasteiger partial charge in [0.25, 0.3) is 0 Å². The summed E-state index contributed by atoms with van der Waals surface area (Å²) >= 11 is 0. The monoisotopic (exact) mass is 251 g/mol. The molecule has 0 aliphatic rings. The second kappa shape index (κ2) is 9.12. The first-order valence-corrected chi connectivity index (χ1v) is 7.15. The van der Waals surface area contributed by atoms with Crippen LogP contribution >= 0.6 is 0 Å². The molecule has 2 nitrogen and oxygen atoms in total. The Morgan fingerprint density at radius 2 is 1.22 bits per heavy atom. The van der Waals surface area contributed by atoms with Gasteiger partial charge in [0.2, 0.25) is 0 Å². The highest BCUT2D eigenvalue weighted by Crippen LogP contribution is 2.17. The minimum Gasteiger partial charge on any atom is -0.870 e. The fourth-order valence-electron chi connectivity index (χ4n) is 2.97. The quantitative estimate of drug-likeness (QED) is 0.641. The van der Waals surface area contributed by atoms with Gasteiger partial charge in [-0.05, 0) is 19.3 Å². The highest BCUT2D eigenvalue weighted by atomic mass is 16.0. The van der Waals surface area contributed by atoms with Crippen LogP contribution in [0.3, 0.4) is 0 Å². The van der Waals surface area contributed by atoms with Gasteiger partial charge in [-0.25, -0.2) is 0 Å². The van der Waals surface area contributed by atoms with Crippen LogP contribution in [-0.2, 0) is 6.54 Å². The third-order valence-electron chi connectivity index (χ3n) is 3.45. The van der Waals surface area contributed by atoms with Crippen molar-refractivity contribution in [3.8, 4) is 0 Å². The first-order valence-electron chi connectivity index (χ1n) is 7.15. The number of quaternary nitrogens is 1. The lowest BCUT2D eigenvalue weighted by molar-refractivity contribution is -0.941. The van der Waals surface area contributed by atoms with Crippen molar-refractivity contribution in [2.75, 3.05) is 19.6 Å². The van der Waals surface area contributed by atoms with E-state index in [0.29, 0.717) is 0 Å². The summed E-state index contributed by atoms with van der Waals surface area (Å²) in [6.07, 6.45) is 3.85. The molecule has 1 N–H and O–H groups in total. The van der Waals surface area contributed by atoms with Crippen LogP contribution in [0.15, 0.2) is 30.3 Å². The summed E-state index contributed by atoms with van der Waals surface area (Å²) in [6, 6.07) is 11.0. The van der Waals surface area contributed by atoms with E-state index < -0.39 is 0 Å². The molecule has 0 spiro atoms. The first kappa shape index (κ1) is 17.1. The van der Waals surface area contributed by atoms with Crippen LogP contribution in [0.2, 0.25) is 0 Å². The second-order valence-electron chi connectivity index (χ2n) is 5.16. The van der Waals surface area contributed by atoms with Gasteiger partial charge in [0, 0.05) is 5.56 Å². The molecule has 18 heavy (non-hydrogen) atoms. The average molecular weight is 251 g/mol. The predicted molar refractivity (Wildman–Crippen MR) is 77.8 cm³/mol. The van der Waals surface area contributed by atoms with Gasteiger partial charge in [0.1, 0.15) is 6.54 Å². The van der Waals surface area contributed by atoms with Crippen molar-refractivity contribution >= 4 is 0 Å². The minimum atomic E-state index is 0. The van der Waals surface area contributed by atoms with E-state index in [-0.39, 0.29) is 5.48 Å². The molecule has 0 aliphatic heterocycles. The molecule has 0 saturated carbocycles. The Kier molecular flexibility index (Phi) is 8.69. The van der Waals surface area contributed by atoms with E-state index in [1.54, 1.807) is 0 Å². The Labute approximate surface area is 113 Å². The lowest BCUT2D eigenvalue weighted by Gasteiger charge is -2.38. The molecular weight excluding hydrogens is 222 g/mol. The van der Waals surface area contributed by atoms with Crippen molar-refractivity contribution in [1.29, 1.82) is 0 Å². The van der Waals surface area contributed by atoms with Gasteiger partial charge >= 0.3 is 0 Å². The summed E-state index contributed by atoms with van der Waals surface area (Å²) in [6.45, 7) is 12.1. The predicted octanol–water partition coefficient (Wildman–Crippen LogP) is 4.06. The molecule has 0 radical (unpaired) electrons. The molecular formula is C16H29NO. The maximum Gasteiger partial charge on any atom is 0.104 e. The normalized spacial score (nSPS) is 11.1. The van der Waals surface area contributed by atoms with Crippen molar-refractivity contribution in [3.63, 3.8) is 0 Å². The van der Waals surface area contributed by atoms with Crippen LogP contribution in [0.25, 0.3) is 0 Å². The lowest BCUT2D eigenvalue weighted by atomic mass is 10.1. The highest BCUT2D eigenvalue weighted by Gasteiger charge is 2.24. The Balaban J connectivity index is 0.00000289. The second-order valence-corrected chi connectivity index (χ2v) is 5.16.